The highest BCUT2D eigenvalue weighted by atomic mass is 14.9. The Bertz CT molecular complexity index is 189. The number of hydrogen-bond acceptors (Lipinski definition) is 1. The molecule has 1 atom stereocenters. The molecule has 0 spiro atoms. The lowest BCUT2D eigenvalue weighted by Gasteiger charge is -2.24. The summed E-state index contributed by atoms with van der Waals surface area (Å²) in [4.78, 5) is 0. The average molecular weight is 151 g/mol. The van der Waals surface area contributed by atoms with E-state index in [-0.39, 0.29) is 0 Å². The van der Waals surface area contributed by atoms with Crippen molar-refractivity contribution in [2.24, 2.45) is 11.8 Å². The van der Waals surface area contributed by atoms with Crippen LogP contribution in [0.15, 0.2) is 23.9 Å². The SMILES string of the molecule is C=C1CNC(C(C)C)=CC1C. The van der Waals surface area contributed by atoms with Crippen molar-refractivity contribution in [2.75, 3.05) is 6.54 Å². The van der Waals surface area contributed by atoms with Crippen molar-refractivity contribution >= 4 is 0 Å². The number of nitrogens with one attached hydrogen (secondary N) is 1. The Morgan fingerprint density at radius 2 is 2.27 bits per heavy atom. The van der Waals surface area contributed by atoms with Crippen LogP contribution < -0.4 is 5.32 Å². The van der Waals surface area contributed by atoms with Gasteiger partial charge in [0.2, 0.25) is 0 Å². The van der Waals surface area contributed by atoms with Crippen LogP contribution in [0.3, 0.4) is 0 Å². The first kappa shape index (κ1) is 8.38. The van der Waals surface area contributed by atoms with Gasteiger partial charge >= 0.3 is 0 Å². The highest BCUT2D eigenvalue weighted by Gasteiger charge is 2.13. The van der Waals surface area contributed by atoms with Gasteiger partial charge in [0.1, 0.15) is 0 Å². The van der Waals surface area contributed by atoms with Gasteiger partial charge in [0, 0.05) is 12.2 Å². The van der Waals surface area contributed by atoms with Crippen LogP contribution in [-0.2, 0) is 0 Å². The summed E-state index contributed by atoms with van der Waals surface area (Å²) in [6, 6.07) is 0. The summed E-state index contributed by atoms with van der Waals surface area (Å²) in [6.07, 6.45) is 2.27. The van der Waals surface area contributed by atoms with Crippen molar-refractivity contribution < 1.29 is 0 Å². The van der Waals surface area contributed by atoms with Crippen LogP contribution in [0, 0.1) is 11.8 Å². The highest BCUT2D eigenvalue weighted by molar-refractivity contribution is 5.21. The molecular weight excluding hydrogens is 134 g/mol. The molecule has 0 saturated heterocycles. The molecule has 0 amide bonds. The van der Waals surface area contributed by atoms with E-state index in [1.807, 2.05) is 0 Å². The van der Waals surface area contributed by atoms with Crippen molar-refractivity contribution in [3.63, 3.8) is 0 Å². The summed E-state index contributed by atoms with van der Waals surface area (Å²) in [5.74, 6) is 1.17. The Morgan fingerprint density at radius 3 is 2.73 bits per heavy atom. The fourth-order valence-electron chi connectivity index (χ4n) is 1.22. The van der Waals surface area contributed by atoms with E-state index in [1.54, 1.807) is 0 Å². The van der Waals surface area contributed by atoms with E-state index in [1.165, 1.54) is 11.3 Å². The van der Waals surface area contributed by atoms with E-state index in [9.17, 15) is 0 Å². The summed E-state index contributed by atoms with van der Waals surface area (Å²) >= 11 is 0. The van der Waals surface area contributed by atoms with Crippen molar-refractivity contribution in [1.82, 2.24) is 5.32 Å². The minimum absolute atomic E-state index is 0.550. The standard InChI is InChI=1S/C10H17N/c1-7(2)10-5-8(3)9(4)6-11-10/h5,7-8,11H,4,6H2,1-3H3. The Morgan fingerprint density at radius 1 is 1.64 bits per heavy atom. The first-order chi connectivity index (χ1) is 5.11. The molecule has 62 valence electrons. The first-order valence-corrected chi connectivity index (χ1v) is 4.24. The molecule has 1 aliphatic rings. The third-order valence-electron chi connectivity index (χ3n) is 2.22. The van der Waals surface area contributed by atoms with Crippen LogP contribution in [0.25, 0.3) is 0 Å². The molecule has 1 heterocycles. The molecule has 0 fully saturated rings. The molecule has 1 unspecified atom stereocenters. The molecule has 0 saturated carbocycles. The summed E-state index contributed by atoms with van der Waals surface area (Å²) in [7, 11) is 0. The molecule has 0 aromatic rings. The molecule has 1 aliphatic heterocycles. The van der Waals surface area contributed by atoms with Gasteiger partial charge in [0.25, 0.3) is 0 Å². The van der Waals surface area contributed by atoms with Gasteiger partial charge < -0.3 is 5.32 Å². The second-order valence-corrected chi connectivity index (χ2v) is 3.58. The smallest absolute Gasteiger partial charge is 0.0360 e. The number of rotatable bonds is 1. The van der Waals surface area contributed by atoms with Crippen molar-refractivity contribution in [1.29, 1.82) is 0 Å². The maximum Gasteiger partial charge on any atom is 0.0360 e. The minimum atomic E-state index is 0.550. The van der Waals surface area contributed by atoms with Crippen LogP contribution in [0.1, 0.15) is 20.8 Å². The first-order valence-electron chi connectivity index (χ1n) is 4.24. The third-order valence-corrected chi connectivity index (χ3v) is 2.22. The molecule has 1 heteroatoms. The quantitative estimate of drug-likeness (QED) is 0.567. The van der Waals surface area contributed by atoms with Gasteiger partial charge in [-0.15, -0.1) is 0 Å². The number of allylic oxidation sites excluding steroid dienone is 2. The topological polar surface area (TPSA) is 12.0 Å². The minimum Gasteiger partial charge on any atom is -0.385 e. The van der Waals surface area contributed by atoms with Crippen LogP contribution in [0.4, 0.5) is 0 Å². The lowest BCUT2D eigenvalue weighted by molar-refractivity contribution is 0.610. The van der Waals surface area contributed by atoms with Crippen LogP contribution in [0.2, 0.25) is 0 Å². The average Bonchev–Trinajstić information content (AvgIpc) is 1.94. The molecule has 0 aliphatic carbocycles. The van der Waals surface area contributed by atoms with Crippen LogP contribution >= 0.6 is 0 Å². The van der Waals surface area contributed by atoms with Crippen molar-refractivity contribution in [2.45, 2.75) is 20.8 Å². The van der Waals surface area contributed by atoms with E-state index >= 15 is 0 Å². The molecule has 0 radical (unpaired) electrons. The zero-order chi connectivity index (χ0) is 8.43. The highest BCUT2D eigenvalue weighted by Crippen LogP contribution is 2.19. The van der Waals surface area contributed by atoms with E-state index < -0.39 is 0 Å². The van der Waals surface area contributed by atoms with Crippen molar-refractivity contribution in [3.05, 3.63) is 23.9 Å². The van der Waals surface area contributed by atoms with E-state index in [2.05, 4.69) is 38.7 Å². The second kappa shape index (κ2) is 3.12. The third kappa shape index (κ3) is 1.86. The van der Waals surface area contributed by atoms with Crippen LogP contribution in [-0.4, -0.2) is 6.54 Å². The Labute approximate surface area is 69.2 Å². The Balaban J connectivity index is 2.71. The van der Waals surface area contributed by atoms with Crippen molar-refractivity contribution in [3.8, 4) is 0 Å². The monoisotopic (exact) mass is 151 g/mol. The fourth-order valence-corrected chi connectivity index (χ4v) is 1.22. The molecule has 0 aromatic heterocycles. The Hall–Kier alpha value is -0.720. The zero-order valence-electron chi connectivity index (χ0n) is 7.65. The van der Waals surface area contributed by atoms with Gasteiger partial charge in [-0.05, 0) is 11.8 Å². The summed E-state index contributed by atoms with van der Waals surface area (Å²) in [5, 5.41) is 3.36. The fraction of sp³-hybridized carbons (Fsp3) is 0.600. The lowest BCUT2D eigenvalue weighted by Crippen LogP contribution is -2.27. The zero-order valence-corrected chi connectivity index (χ0v) is 7.65. The molecule has 11 heavy (non-hydrogen) atoms. The largest absolute Gasteiger partial charge is 0.385 e. The predicted molar refractivity (Wildman–Crippen MR) is 49.2 cm³/mol. The molecular formula is C10H17N. The van der Waals surface area contributed by atoms with Gasteiger partial charge in [0.15, 0.2) is 0 Å². The Kier molecular flexibility index (Phi) is 2.38. The molecule has 1 nitrogen and oxygen atoms in total. The van der Waals surface area contributed by atoms with Gasteiger partial charge in [-0.3, -0.25) is 0 Å². The van der Waals surface area contributed by atoms with E-state index in [0.717, 1.165) is 6.54 Å². The van der Waals surface area contributed by atoms with Gasteiger partial charge in [0.05, 0.1) is 0 Å². The maximum atomic E-state index is 3.98. The second-order valence-electron chi connectivity index (χ2n) is 3.58. The molecule has 1 N–H and O–H groups in total. The maximum absolute atomic E-state index is 3.98. The van der Waals surface area contributed by atoms with Gasteiger partial charge in [-0.2, -0.15) is 0 Å². The molecule has 1 rings (SSSR count). The van der Waals surface area contributed by atoms with E-state index in [4.69, 9.17) is 0 Å². The lowest BCUT2D eigenvalue weighted by atomic mass is 9.94. The van der Waals surface area contributed by atoms with Crippen LogP contribution in [0.5, 0.6) is 0 Å². The predicted octanol–water partition coefficient (Wildman–Crippen LogP) is 2.32. The summed E-state index contributed by atoms with van der Waals surface area (Å²) in [6.45, 7) is 11.5. The van der Waals surface area contributed by atoms with Gasteiger partial charge in [-0.1, -0.05) is 39.0 Å². The summed E-state index contributed by atoms with van der Waals surface area (Å²) in [5.41, 5.74) is 2.65. The molecule has 0 bridgehead atoms. The van der Waals surface area contributed by atoms with Gasteiger partial charge in [-0.25, -0.2) is 0 Å². The normalized spacial score (nSPS) is 24.9. The van der Waals surface area contributed by atoms with E-state index in [0.29, 0.717) is 11.8 Å². The summed E-state index contributed by atoms with van der Waals surface area (Å²) < 4.78 is 0. The number of hydrogen-bond donors (Lipinski definition) is 1. The molecule has 0 aromatic carbocycles.